The second kappa shape index (κ2) is 9.29. The molecule has 1 aliphatic carbocycles. The van der Waals surface area contributed by atoms with Gasteiger partial charge in [0.05, 0.1) is 19.1 Å². The Morgan fingerprint density at radius 1 is 0.970 bits per heavy atom. The summed E-state index contributed by atoms with van der Waals surface area (Å²) in [6, 6.07) is 15.1. The van der Waals surface area contributed by atoms with Crippen LogP contribution < -0.4 is 19.5 Å². The molecule has 10 heteroatoms. The fourth-order valence-corrected chi connectivity index (χ4v) is 4.39. The molecule has 0 saturated heterocycles. The summed E-state index contributed by atoms with van der Waals surface area (Å²) in [5.41, 5.74) is 3.11. The Labute approximate surface area is 191 Å². The highest BCUT2D eigenvalue weighted by Crippen LogP contribution is 2.25. The Hall–Kier alpha value is -3.92. The topological polar surface area (TPSA) is 120 Å². The van der Waals surface area contributed by atoms with Crippen LogP contribution in [0.15, 0.2) is 71.3 Å². The number of ether oxygens (including phenoxy) is 2. The fraction of sp³-hybridized carbons (Fsp3) is 0.174. The molecule has 0 saturated carbocycles. The number of carbonyl (C=O) groups is 1. The number of fused-ring (bicyclic) bond motifs is 1. The number of Topliss-reactive ketones (excluding diaryl/α,β-unsaturated/α-hetero) is 1. The summed E-state index contributed by atoms with van der Waals surface area (Å²) >= 11 is 0. The van der Waals surface area contributed by atoms with Crippen molar-refractivity contribution >= 4 is 27.3 Å². The third kappa shape index (κ3) is 4.96. The first-order valence-electron chi connectivity index (χ1n) is 10.1. The van der Waals surface area contributed by atoms with E-state index >= 15 is 0 Å². The Morgan fingerprint density at radius 2 is 1.73 bits per heavy atom. The van der Waals surface area contributed by atoms with E-state index in [1.165, 1.54) is 32.4 Å². The maximum Gasteiger partial charge on any atom is 0.321 e. The van der Waals surface area contributed by atoms with Crippen LogP contribution in [0.3, 0.4) is 0 Å². The Kier molecular flexibility index (Phi) is 6.27. The average Bonchev–Trinajstić information content (AvgIpc) is 2.83. The molecule has 3 aromatic rings. The molecule has 0 unspecified atom stereocenters. The summed E-state index contributed by atoms with van der Waals surface area (Å²) < 4.78 is 37.9. The van der Waals surface area contributed by atoms with Crippen LogP contribution >= 0.6 is 0 Å². The van der Waals surface area contributed by atoms with Crippen LogP contribution in [0.5, 0.6) is 11.9 Å². The molecule has 0 spiro atoms. The summed E-state index contributed by atoms with van der Waals surface area (Å²) in [6.45, 7) is 0. The first kappa shape index (κ1) is 22.3. The molecule has 2 N–H and O–H groups in total. The van der Waals surface area contributed by atoms with E-state index in [9.17, 15) is 13.2 Å². The minimum absolute atomic E-state index is 0.00320. The van der Waals surface area contributed by atoms with E-state index in [4.69, 9.17) is 9.47 Å². The molecule has 0 aliphatic heterocycles. The number of rotatable bonds is 7. The molecule has 9 nitrogen and oxygen atoms in total. The Bertz CT molecular complexity index is 1300. The molecule has 170 valence electrons. The number of allylic oxidation sites excluding steroid dienone is 1. The van der Waals surface area contributed by atoms with Crippen LogP contribution in [-0.2, 0) is 16.4 Å². The van der Waals surface area contributed by atoms with Gasteiger partial charge in [0.1, 0.15) is 0 Å². The number of ketones is 1. The number of sulfonamides is 1. The predicted octanol–water partition coefficient (Wildman–Crippen LogP) is 3.42. The Morgan fingerprint density at radius 3 is 2.45 bits per heavy atom. The van der Waals surface area contributed by atoms with Gasteiger partial charge in [-0.3, -0.25) is 9.52 Å². The van der Waals surface area contributed by atoms with E-state index in [1.54, 1.807) is 18.3 Å². The quantitative estimate of drug-likeness (QED) is 0.509. The van der Waals surface area contributed by atoms with Gasteiger partial charge in [0, 0.05) is 29.1 Å². The lowest BCUT2D eigenvalue weighted by atomic mass is 9.87. The zero-order chi connectivity index (χ0) is 23.4. The van der Waals surface area contributed by atoms with Gasteiger partial charge in [0.15, 0.2) is 11.6 Å². The first-order chi connectivity index (χ1) is 15.9. The van der Waals surface area contributed by atoms with Crippen LogP contribution in [0.1, 0.15) is 22.3 Å². The van der Waals surface area contributed by atoms with Gasteiger partial charge in [0.2, 0.25) is 5.88 Å². The SMILES string of the molecule is COc1cc(NS(=O)(=O)c2ccc(N/C=C3\CCc4ccccc4C3=O)cc2)nc(OC)n1. The number of aryl methyl sites for hydroxylation is 1. The molecule has 0 atom stereocenters. The summed E-state index contributed by atoms with van der Waals surface area (Å²) in [7, 11) is -1.13. The van der Waals surface area contributed by atoms with Crippen molar-refractivity contribution in [3.63, 3.8) is 0 Å². The lowest BCUT2D eigenvalue weighted by Gasteiger charge is -2.17. The van der Waals surface area contributed by atoms with Gasteiger partial charge >= 0.3 is 6.01 Å². The third-order valence-electron chi connectivity index (χ3n) is 5.11. The maximum absolute atomic E-state index is 12.7. The van der Waals surface area contributed by atoms with Crippen LogP contribution in [0.4, 0.5) is 11.5 Å². The van der Waals surface area contributed by atoms with Gasteiger partial charge in [-0.1, -0.05) is 24.3 Å². The molecule has 1 heterocycles. The van der Waals surface area contributed by atoms with Crippen molar-refractivity contribution in [3.05, 3.63) is 77.5 Å². The molecular formula is C23H22N4O5S. The summed E-state index contributed by atoms with van der Waals surface area (Å²) in [6.07, 6.45) is 3.13. The summed E-state index contributed by atoms with van der Waals surface area (Å²) in [5.74, 6) is 0.178. The van der Waals surface area contributed by atoms with E-state index in [-0.39, 0.29) is 28.4 Å². The number of carbonyl (C=O) groups excluding carboxylic acids is 1. The second-order valence-corrected chi connectivity index (χ2v) is 8.89. The Balaban J connectivity index is 1.47. The molecule has 0 bridgehead atoms. The van der Waals surface area contributed by atoms with Crippen molar-refractivity contribution in [3.8, 4) is 11.9 Å². The van der Waals surface area contributed by atoms with Gasteiger partial charge in [-0.2, -0.15) is 9.97 Å². The van der Waals surface area contributed by atoms with Crippen molar-refractivity contribution in [1.29, 1.82) is 0 Å². The van der Waals surface area contributed by atoms with E-state index < -0.39 is 10.0 Å². The van der Waals surface area contributed by atoms with Crippen LogP contribution in [-0.4, -0.2) is 38.4 Å². The van der Waals surface area contributed by atoms with Gasteiger partial charge in [-0.25, -0.2) is 8.42 Å². The predicted molar refractivity (Wildman–Crippen MR) is 123 cm³/mol. The second-order valence-electron chi connectivity index (χ2n) is 7.21. The van der Waals surface area contributed by atoms with E-state index in [0.29, 0.717) is 17.7 Å². The van der Waals surface area contributed by atoms with Crippen LogP contribution in [0.25, 0.3) is 0 Å². The lowest BCUT2D eigenvalue weighted by Crippen LogP contribution is -2.15. The highest BCUT2D eigenvalue weighted by Gasteiger charge is 2.21. The number of nitrogens with one attached hydrogen (secondary N) is 2. The number of hydrogen-bond donors (Lipinski definition) is 2. The standard InChI is InChI=1S/C23H22N4O5S/c1-31-21-13-20(25-23(26-21)32-2)27-33(29,30)18-11-9-17(10-12-18)24-14-16-8-7-15-5-3-4-6-19(15)22(16)28/h3-6,9-14,24H,7-8H2,1-2H3,(H,25,26,27)/b16-14+. The number of nitrogens with zero attached hydrogens (tertiary/aromatic N) is 2. The molecule has 0 radical (unpaired) electrons. The average molecular weight is 467 g/mol. The molecule has 0 amide bonds. The number of benzene rings is 2. The zero-order valence-electron chi connectivity index (χ0n) is 18.0. The first-order valence-corrected chi connectivity index (χ1v) is 11.6. The third-order valence-corrected chi connectivity index (χ3v) is 6.48. The highest BCUT2D eigenvalue weighted by atomic mass is 32.2. The van der Waals surface area contributed by atoms with Gasteiger partial charge in [-0.15, -0.1) is 0 Å². The maximum atomic E-state index is 12.7. The highest BCUT2D eigenvalue weighted by molar-refractivity contribution is 7.92. The summed E-state index contributed by atoms with van der Waals surface area (Å²) in [5, 5.41) is 3.08. The van der Waals surface area contributed by atoms with E-state index in [2.05, 4.69) is 20.0 Å². The minimum Gasteiger partial charge on any atom is -0.481 e. The molecule has 4 rings (SSSR count). The smallest absolute Gasteiger partial charge is 0.321 e. The van der Waals surface area contributed by atoms with Crippen LogP contribution in [0, 0.1) is 0 Å². The van der Waals surface area contributed by atoms with Crippen molar-refractivity contribution < 1.29 is 22.7 Å². The van der Waals surface area contributed by atoms with Crippen molar-refractivity contribution in [2.45, 2.75) is 17.7 Å². The lowest BCUT2D eigenvalue weighted by molar-refractivity contribution is 0.102. The number of methoxy groups -OCH3 is 2. The minimum atomic E-state index is -3.91. The number of hydrogen-bond acceptors (Lipinski definition) is 8. The number of aromatic nitrogens is 2. The molecule has 1 aromatic heterocycles. The van der Waals surface area contributed by atoms with Crippen LogP contribution in [0.2, 0.25) is 0 Å². The molecule has 0 fully saturated rings. The molecular weight excluding hydrogens is 444 g/mol. The van der Waals surface area contributed by atoms with Gasteiger partial charge in [-0.05, 0) is 42.7 Å². The van der Waals surface area contributed by atoms with E-state index in [0.717, 1.165) is 17.5 Å². The van der Waals surface area contributed by atoms with Crippen molar-refractivity contribution in [2.75, 3.05) is 24.3 Å². The van der Waals surface area contributed by atoms with Crippen molar-refractivity contribution in [1.82, 2.24) is 9.97 Å². The van der Waals surface area contributed by atoms with Crippen molar-refractivity contribution in [2.24, 2.45) is 0 Å². The molecule has 33 heavy (non-hydrogen) atoms. The zero-order valence-corrected chi connectivity index (χ0v) is 18.8. The summed E-state index contributed by atoms with van der Waals surface area (Å²) in [4.78, 5) is 20.6. The van der Waals surface area contributed by atoms with Gasteiger partial charge < -0.3 is 14.8 Å². The molecule has 1 aliphatic rings. The van der Waals surface area contributed by atoms with E-state index in [1.807, 2.05) is 24.3 Å². The normalized spacial score (nSPS) is 14.5. The van der Waals surface area contributed by atoms with Gasteiger partial charge in [0.25, 0.3) is 10.0 Å². The number of anilines is 2. The monoisotopic (exact) mass is 466 g/mol. The largest absolute Gasteiger partial charge is 0.481 e. The fourth-order valence-electron chi connectivity index (χ4n) is 3.40. The molecule has 2 aromatic carbocycles.